The fourth-order valence-corrected chi connectivity index (χ4v) is 4.39. The summed E-state index contributed by atoms with van der Waals surface area (Å²) in [6.45, 7) is 2.91. The number of thioether (sulfide) groups is 1. The molecule has 0 saturated carbocycles. The quantitative estimate of drug-likeness (QED) is 0.595. The van der Waals surface area contributed by atoms with Crippen LogP contribution in [0.1, 0.15) is 26.2 Å². The molecule has 1 aliphatic rings. The minimum Gasteiger partial charge on any atom is -0.339 e. The Labute approximate surface area is 173 Å². The first-order valence-corrected chi connectivity index (χ1v) is 10.7. The van der Waals surface area contributed by atoms with Gasteiger partial charge in [0.25, 0.3) is 0 Å². The van der Waals surface area contributed by atoms with E-state index in [1.54, 1.807) is 24.5 Å². The Hall–Kier alpha value is -2.74. The lowest BCUT2D eigenvalue weighted by molar-refractivity contribution is -0.131. The van der Waals surface area contributed by atoms with Gasteiger partial charge >= 0.3 is 0 Å². The standard InChI is InChI=1S/C21H22FN5OS/c1-15-4-2-3-13-26(15)19(28)14-29-21-25-24-20(16-9-11-23-12-10-16)27(21)18-7-5-17(22)6-8-18/h5-12,15H,2-4,13-14H2,1H3. The molecule has 1 amide bonds. The number of hydrogen-bond donors (Lipinski definition) is 0. The van der Waals surface area contributed by atoms with Crippen molar-refractivity contribution in [1.82, 2.24) is 24.6 Å². The van der Waals surface area contributed by atoms with E-state index in [1.165, 1.54) is 30.3 Å². The number of rotatable bonds is 5. The number of nitrogens with zero attached hydrogens (tertiary/aromatic N) is 5. The highest BCUT2D eigenvalue weighted by molar-refractivity contribution is 7.99. The molecule has 0 radical (unpaired) electrons. The second-order valence-electron chi connectivity index (χ2n) is 7.07. The number of hydrogen-bond acceptors (Lipinski definition) is 5. The maximum atomic E-state index is 13.4. The molecule has 1 aliphatic heterocycles. The van der Waals surface area contributed by atoms with Crippen molar-refractivity contribution in [3.05, 3.63) is 54.6 Å². The predicted octanol–water partition coefficient (Wildman–Crippen LogP) is 3.96. The predicted molar refractivity (Wildman–Crippen MR) is 110 cm³/mol. The summed E-state index contributed by atoms with van der Waals surface area (Å²) in [4.78, 5) is 18.7. The number of pyridine rings is 1. The maximum Gasteiger partial charge on any atom is 0.233 e. The van der Waals surface area contributed by atoms with Crippen LogP contribution in [0.3, 0.4) is 0 Å². The molecule has 3 aromatic rings. The molecule has 4 rings (SSSR count). The zero-order valence-electron chi connectivity index (χ0n) is 16.2. The lowest BCUT2D eigenvalue weighted by Crippen LogP contribution is -2.42. The number of carbonyl (C=O) groups excluding carboxylic acids is 1. The molecular weight excluding hydrogens is 389 g/mol. The van der Waals surface area contributed by atoms with Crippen molar-refractivity contribution in [2.75, 3.05) is 12.3 Å². The number of piperidine rings is 1. The van der Waals surface area contributed by atoms with E-state index >= 15 is 0 Å². The van der Waals surface area contributed by atoms with Gasteiger partial charge in [-0.3, -0.25) is 14.3 Å². The lowest BCUT2D eigenvalue weighted by Gasteiger charge is -2.33. The van der Waals surface area contributed by atoms with E-state index in [4.69, 9.17) is 0 Å². The van der Waals surface area contributed by atoms with Gasteiger partial charge < -0.3 is 4.90 Å². The van der Waals surface area contributed by atoms with Crippen molar-refractivity contribution < 1.29 is 9.18 Å². The van der Waals surface area contributed by atoms with Crippen molar-refractivity contribution in [1.29, 1.82) is 0 Å². The molecule has 0 bridgehead atoms. The van der Waals surface area contributed by atoms with Crippen LogP contribution in [0.2, 0.25) is 0 Å². The summed E-state index contributed by atoms with van der Waals surface area (Å²) in [6, 6.07) is 10.1. The highest BCUT2D eigenvalue weighted by atomic mass is 32.2. The van der Waals surface area contributed by atoms with Crippen molar-refractivity contribution in [2.45, 2.75) is 37.4 Å². The van der Waals surface area contributed by atoms with Crippen LogP contribution in [0.4, 0.5) is 4.39 Å². The van der Waals surface area contributed by atoms with Crippen LogP contribution in [-0.2, 0) is 4.79 Å². The number of likely N-dealkylation sites (tertiary alicyclic amines) is 1. The van der Waals surface area contributed by atoms with Crippen LogP contribution in [0.5, 0.6) is 0 Å². The number of amides is 1. The monoisotopic (exact) mass is 411 g/mol. The van der Waals surface area contributed by atoms with Gasteiger partial charge in [0.15, 0.2) is 11.0 Å². The maximum absolute atomic E-state index is 13.4. The first-order chi connectivity index (χ1) is 14.1. The van der Waals surface area contributed by atoms with E-state index in [1.807, 2.05) is 21.6 Å². The average molecular weight is 412 g/mol. The molecule has 1 saturated heterocycles. The Balaban J connectivity index is 1.62. The molecule has 6 nitrogen and oxygen atoms in total. The van der Waals surface area contributed by atoms with E-state index in [0.29, 0.717) is 16.7 Å². The Kier molecular flexibility index (Phi) is 5.89. The molecule has 29 heavy (non-hydrogen) atoms. The third kappa shape index (κ3) is 4.32. The third-order valence-corrected chi connectivity index (χ3v) is 6.02. The molecule has 0 aliphatic carbocycles. The van der Waals surface area contributed by atoms with Gasteiger partial charge in [-0.2, -0.15) is 0 Å². The third-order valence-electron chi connectivity index (χ3n) is 5.10. The van der Waals surface area contributed by atoms with E-state index in [9.17, 15) is 9.18 Å². The molecule has 0 N–H and O–H groups in total. The van der Waals surface area contributed by atoms with Crippen LogP contribution in [0.25, 0.3) is 17.1 Å². The van der Waals surface area contributed by atoms with E-state index in [0.717, 1.165) is 30.6 Å². The lowest BCUT2D eigenvalue weighted by atomic mass is 10.0. The second kappa shape index (κ2) is 8.73. The normalized spacial score (nSPS) is 16.8. The largest absolute Gasteiger partial charge is 0.339 e. The molecule has 1 fully saturated rings. The zero-order chi connectivity index (χ0) is 20.2. The fraction of sp³-hybridized carbons (Fsp3) is 0.333. The second-order valence-corrected chi connectivity index (χ2v) is 8.02. The average Bonchev–Trinajstić information content (AvgIpc) is 3.17. The molecule has 1 atom stereocenters. The molecule has 0 spiro atoms. The summed E-state index contributed by atoms with van der Waals surface area (Å²) in [5.41, 5.74) is 1.59. The van der Waals surface area contributed by atoms with Crippen molar-refractivity contribution in [3.8, 4) is 17.1 Å². The first kappa shape index (κ1) is 19.6. The fourth-order valence-electron chi connectivity index (χ4n) is 3.55. The van der Waals surface area contributed by atoms with Gasteiger partial charge in [0.2, 0.25) is 5.91 Å². The van der Waals surface area contributed by atoms with Gasteiger partial charge in [-0.05, 0) is 62.6 Å². The van der Waals surface area contributed by atoms with Crippen LogP contribution in [0, 0.1) is 5.82 Å². The summed E-state index contributed by atoms with van der Waals surface area (Å²) in [6.07, 6.45) is 6.65. The van der Waals surface area contributed by atoms with Crippen LogP contribution in [-0.4, -0.2) is 48.9 Å². The summed E-state index contributed by atoms with van der Waals surface area (Å²) < 4.78 is 15.3. The highest BCUT2D eigenvalue weighted by Crippen LogP contribution is 2.28. The molecular formula is C21H22FN5OS. The zero-order valence-corrected chi connectivity index (χ0v) is 17.0. The van der Waals surface area contributed by atoms with Gasteiger partial charge in [0.05, 0.1) is 5.75 Å². The molecule has 150 valence electrons. The molecule has 1 aromatic carbocycles. The van der Waals surface area contributed by atoms with Crippen LogP contribution < -0.4 is 0 Å². The first-order valence-electron chi connectivity index (χ1n) is 9.67. The van der Waals surface area contributed by atoms with Gasteiger partial charge in [-0.15, -0.1) is 10.2 Å². The molecule has 3 heterocycles. The molecule has 1 unspecified atom stereocenters. The van der Waals surface area contributed by atoms with Gasteiger partial charge in [0, 0.05) is 36.2 Å². The molecule has 2 aromatic heterocycles. The topological polar surface area (TPSA) is 63.9 Å². The Morgan fingerprint density at radius 1 is 1.14 bits per heavy atom. The summed E-state index contributed by atoms with van der Waals surface area (Å²) in [5.74, 6) is 0.720. The van der Waals surface area contributed by atoms with Crippen LogP contribution in [0.15, 0.2) is 53.9 Å². The summed E-state index contributed by atoms with van der Waals surface area (Å²) >= 11 is 1.35. The van der Waals surface area contributed by atoms with E-state index in [2.05, 4.69) is 22.1 Å². The Morgan fingerprint density at radius 3 is 2.62 bits per heavy atom. The number of aromatic nitrogens is 4. The van der Waals surface area contributed by atoms with Gasteiger partial charge in [-0.25, -0.2) is 4.39 Å². The smallest absolute Gasteiger partial charge is 0.233 e. The minimum atomic E-state index is -0.309. The Morgan fingerprint density at radius 2 is 1.90 bits per heavy atom. The Bertz CT molecular complexity index is 976. The van der Waals surface area contributed by atoms with Gasteiger partial charge in [0.1, 0.15) is 5.82 Å². The van der Waals surface area contributed by atoms with E-state index < -0.39 is 0 Å². The number of benzene rings is 1. The minimum absolute atomic E-state index is 0.112. The van der Waals surface area contributed by atoms with Crippen molar-refractivity contribution >= 4 is 17.7 Å². The summed E-state index contributed by atoms with van der Waals surface area (Å²) in [5, 5.41) is 9.25. The van der Waals surface area contributed by atoms with Crippen molar-refractivity contribution in [2.24, 2.45) is 0 Å². The van der Waals surface area contributed by atoms with Crippen LogP contribution >= 0.6 is 11.8 Å². The SMILES string of the molecule is CC1CCCCN1C(=O)CSc1nnc(-c2ccncc2)n1-c1ccc(F)cc1. The summed E-state index contributed by atoms with van der Waals surface area (Å²) in [7, 11) is 0. The highest BCUT2D eigenvalue weighted by Gasteiger charge is 2.24. The van der Waals surface area contributed by atoms with Gasteiger partial charge in [-0.1, -0.05) is 11.8 Å². The number of halogens is 1. The van der Waals surface area contributed by atoms with Crippen molar-refractivity contribution in [3.63, 3.8) is 0 Å². The molecule has 8 heteroatoms. The number of carbonyl (C=O) groups is 1. The van der Waals surface area contributed by atoms with E-state index in [-0.39, 0.29) is 17.8 Å².